The van der Waals surface area contributed by atoms with Crippen LogP contribution in [0, 0.1) is 21.4 Å². The Morgan fingerprint density at radius 3 is 2.76 bits per heavy atom. The molecule has 8 heteroatoms. The molecule has 0 aliphatic rings. The van der Waals surface area contributed by atoms with Gasteiger partial charge in [-0.05, 0) is 36.8 Å². The number of non-ortho nitro benzene ring substituents is 1. The van der Waals surface area contributed by atoms with E-state index in [2.05, 4.69) is 21.5 Å². The van der Waals surface area contributed by atoms with Crippen LogP contribution >= 0.6 is 0 Å². The van der Waals surface area contributed by atoms with Crippen LogP contribution in [0.2, 0.25) is 0 Å². The molecule has 1 atom stereocenters. The number of benzene rings is 2. The molecular weight excluding hydrogens is 368 g/mol. The maximum Gasteiger partial charge on any atom is 0.270 e. The summed E-state index contributed by atoms with van der Waals surface area (Å²) in [7, 11) is 0. The third kappa shape index (κ3) is 3.49. The van der Waals surface area contributed by atoms with Crippen LogP contribution in [0.5, 0.6) is 0 Å². The SMILES string of the molecule is CC(Nc1cc(C#N)c2cc([N+](=O)[O-])ccc2n1)c1ccccc1-n1cccn1. The van der Waals surface area contributed by atoms with Crippen molar-refractivity contribution in [1.29, 1.82) is 5.26 Å². The van der Waals surface area contributed by atoms with E-state index in [0.717, 1.165) is 11.3 Å². The van der Waals surface area contributed by atoms with Crippen molar-refractivity contribution in [2.24, 2.45) is 0 Å². The van der Waals surface area contributed by atoms with Gasteiger partial charge in [0.25, 0.3) is 5.69 Å². The van der Waals surface area contributed by atoms with E-state index in [9.17, 15) is 15.4 Å². The summed E-state index contributed by atoms with van der Waals surface area (Å²) >= 11 is 0. The van der Waals surface area contributed by atoms with Crippen LogP contribution in [0.4, 0.5) is 11.5 Å². The topological polar surface area (TPSA) is 110 Å². The summed E-state index contributed by atoms with van der Waals surface area (Å²) in [5, 5.41) is 28.6. The quantitative estimate of drug-likeness (QED) is 0.404. The molecule has 4 aromatic rings. The van der Waals surface area contributed by atoms with Gasteiger partial charge >= 0.3 is 0 Å². The molecular formula is C21H16N6O2. The number of nitrogens with one attached hydrogen (secondary N) is 1. The van der Waals surface area contributed by atoms with Gasteiger partial charge in [-0.3, -0.25) is 10.1 Å². The van der Waals surface area contributed by atoms with Gasteiger partial charge in [-0.15, -0.1) is 0 Å². The number of aromatic nitrogens is 3. The first-order valence-corrected chi connectivity index (χ1v) is 8.91. The predicted molar refractivity (Wildman–Crippen MR) is 109 cm³/mol. The maximum atomic E-state index is 11.0. The van der Waals surface area contributed by atoms with E-state index in [1.54, 1.807) is 23.0 Å². The number of nitro benzene ring substituents is 1. The standard InChI is InChI=1S/C21H16N6O2/c1-14(17-5-2-3-6-20(17)26-10-4-9-23-26)24-21-11-15(13-22)18-12-16(27(28)29)7-8-19(18)25-21/h2-12,14H,1H3,(H,24,25). The summed E-state index contributed by atoms with van der Waals surface area (Å²) < 4.78 is 1.79. The van der Waals surface area contributed by atoms with Crippen LogP contribution in [0.3, 0.4) is 0 Å². The van der Waals surface area contributed by atoms with Crippen LogP contribution in [0.1, 0.15) is 24.1 Å². The van der Waals surface area contributed by atoms with Gasteiger partial charge in [0.05, 0.1) is 33.8 Å². The van der Waals surface area contributed by atoms with E-state index in [0.29, 0.717) is 22.3 Å². The summed E-state index contributed by atoms with van der Waals surface area (Å²) in [5.41, 5.74) is 2.73. The lowest BCUT2D eigenvalue weighted by Crippen LogP contribution is -2.12. The molecule has 0 spiro atoms. The smallest absolute Gasteiger partial charge is 0.270 e. The zero-order valence-electron chi connectivity index (χ0n) is 15.5. The summed E-state index contributed by atoms with van der Waals surface area (Å²) in [4.78, 5) is 15.1. The van der Waals surface area contributed by atoms with Crippen molar-refractivity contribution in [3.05, 3.63) is 88.2 Å². The second-order valence-corrected chi connectivity index (χ2v) is 6.50. The van der Waals surface area contributed by atoms with Gasteiger partial charge in [-0.25, -0.2) is 9.67 Å². The minimum absolute atomic E-state index is 0.0713. The highest BCUT2D eigenvalue weighted by Gasteiger charge is 2.15. The lowest BCUT2D eigenvalue weighted by molar-refractivity contribution is -0.384. The number of rotatable bonds is 5. The van der Waals surface area contributed by atoms with E-state index < -0.39 is 4.92 Å². The number of pyridine rings is 1. The van der Waals surface area contributed by atoms with Crippen molar-refractivity contribution >= 4 is 22.4 Å². The zero-order chi connectivity index (χ0) is 20.4. The molecule has 1 unspecified atom stereocenters. The fourth-order valence-electron chi connectivity index (χ4n) is 3.27. The fourth-order valence-corrected chi connectivity index (χ4v) is 3.27. The van der Waals surface area contributed by atoms with E-state index >= 15 is 0 Å². The Morgan fingerprint density at radius 1 is 1.21 bits per heavy atom. The van der Waals surface area contributed by atoms with Crippen LogP contribution in [0.15, 0.2) is 67.0 Å². The van der Waals surface area contributed by atoms with Crippen molar-refractivity contribution in [2.75, 3.05) is 5.32 Å². The molecule has 4 rings (SSSR count). The highest BCUT2D eigenvalue weighted by atomic mass is 16.6. The molecule has 0 bridgehead atoms. The minimum Gasteiger partial charge on any atom is -0.363 e. The number of anilines is 1. The number of hydrogen-bond donors (Lipinski definition) is 1. The van der Waals surface area contributed by atoms with Gasteiger partial charge in [0.1, 0.15) is 5.82 Å². The molecule has 29 heavy (non-hydrogen) atoms. The summed E-state index contributed by atoms with van der Waals surface area (Å²) in [6.45, 7) is 2.00. The summed E-state index contributed by atoms with van der Waals surface area (Å²) in [5.74, 6) is 0.519. The van der Waals surface area contributed by atoms with Crippen LogP contribution in [-0.4, -0.2) is 19.7 Å². The molecule has 0 radical (unpaired) electrons. The molecule has 8 nitrogen and oxygen atoms in total. The molecule has 0 saturated heterocycles. The van der Waals surface area contributed by atoms with Crippen molar-refractivity contribution in [2.45, 2.75) is 13.0 Å². The Bertz CT molecular complexity index is 1240. The third-order valence-corrected chi connectivity index (χ3v) is 4.64. The molecule has 2 aromatic heterocycles. The van der Waals surface area contributed by atoms with Gasteiger partial charge in [-0.2, -0.15) is 10.4 Å². The number of nitro groups is 1. The van der Waals surface area contributed by atoms with Crippen molar-refractivity contribution < 1.29 is 4.92 Å². The van der Waals surface area contributed by atoms with Gasteiger partial charge in [-0.1, -0.05) is 18.2 Å². The van der Waals surface area contributed by atoms with E-state index in [1.807, 2.05) is 43.5 Å². The normalized spacial score (nSPS) is 11.7. The monoisotopic (exact) mass is 384 g/mol. The third-order valence-electron chi connectivity index (χ3n) is 4.64. The largest absolute Gasteiger partial charge is 0.363 e. The zero-order valence-corrected chi connectivity index (χ0v) is 15.5. The molecule has 2 aromatic carbocycles. The highest BCUT2D eigenvalue weighted by molar-refractivity contribution is 5.88. The molecule has 2 heterocycles. The Morgan fingerprint density at radius 2 is 2.03 bits per heavy atom. The predicted octanol–water partition coefficient (Wildman–Crippen LogP) is 4.37. The van der Waals surface area contributed by atoms with Gasteiger partial charge in [0.15, 0.2) is 0 Å². The molecule has 0 aliphatic heterocycles. The number of nitriles is 1. The molecule has 0 aliphatic carbocycles. The van der Waals surface area contributed by atoms with E-state index in [4.69, 9.17) is 0 Å². The van der Waals surface area contributed by atoms with Gasteiger partial charge in [0, 0.05) is 29.9 Å². The van der Waals surface area contributed by atoms with Crippen LogP contribution < -0.4 is 5.32 Å². The number of fused-ring (bicyclic) bond motifs is 1. The van der Waals surface area contributed by atoms with Gasteiger partial charge in [0.2, 0.25) is 0 Å². The number of hydrogen-bond acceptors (Lipinski definition) is 6. The highest BCUT2D eigenvalue weighted by Crippen LogP contribution is 2.28. The van der Waals surface area contributed by atoms with E-state index in [-0.39, 0.29) is 11.7 Å². The Hall–Kier alpha value is -4.25. The molecule has 0 saturated carbocycles. The van der Waals surface area contributed by atoms with Gasteiger partial charge < -0.3 is 5.32 Å². The average molecular weight is 384 g/mol. The number of para-hydroxylation sites is 1. The molecule has 1 N–H and O–H groups in total. The Kier molecular flexibility index (Phi) is 4.63. The fraction of sp³-hybridized carbons (Fsp3) is 0.0952. The second-order valence-electron chi connectivity index (χ2n) is 6.50. The minimum atomic E-state index is -0.485. The first kappa shape index (κ1) is 18.1. The molecule has 0 amide bonds. The Balaban J connectivity index is 1.71. The molecule has 0 fully saturated rings. The summed E-state index contributed by atoms with van der Waals surface area (Å²) in [6, 6.07) is 17.7. The Labute approximate surface area is 166 Å². The van der Waals surface area contributed by atoms with Crippen LogP contribution in [0.25, 0.3) is 16.6 Å². The first-order chi connectivity index (χ1) is 14.1. The van der Waals surface area contributed by atoms with E-state index in [1.165, 1.54) is 12.1 Å². The maximum absolute atomic E-state index is 11.0. The molecule has 142 valence electrons. The lowest BCUT2D eigenvalue weighted by atomic mass is 10.1. The summed E-state index contributed by atoms with van der Waals surface area (Å²) in [6.07, 6.45) is 3.60. The average Bonchev–Trinajstić information content (AvgIpc) is 3.27. The van der Waals surface area contributed by atoms with Crippen molar-refractivity contribution in [3.63, 3.8) is 0 Å². The first-order valence-electron chi connectivity index (χ1n) is 8.91. The van der Waals surface area contributed by atoms with Crippen LogP contribution in [-0.2, 0) is 0 Å². The second kappa shape index (κ2) is 7.40. The van der Waals surface area contributed by atoms with Crippen molar-refractivity contribution in [1.82, 2.24) is 14.8 Å². The van der Waals surface area contributed by atoms with Crippen molar-refractivity contribution in [3.8, 4) is 11.8 Å². The lowest BCUT2D eigenvalue weighted by Gasteiger charge is -2.19. The number of nitrogens with zero attached hydrogens (tertiary/aromatic N) is 5.